The minimum Gasteiger partial charge on any atom is -0.316 e. The summed E-state index contributed by atoms with van der Waals surface area (Å²) in [5, 5.41) is 3.56. The molecule has 1 saturated heterocycles. The number of likely N-dealkylation sites (N-methyl/N-ethyl adjacent to an activating group) is 2. The first-order valence-corrected chi connectivity index (χ1v) is 8.24. The van der Waals surface area contributed by atoms with Crippen LogP contribution in [0.3, 0.4) is 0 Å². The molecule has 118 valence electrons. The SMILES string of the molecule is CCNCC(C)(CN1CCN(C)CC1C)c1ccccc1. The van der Waals surface area contributed by atoms with Crippen LogP contribution in [0.2, 0.25) is 0 Å². The van der Waals surface area contributed by atoms with Gasteiger partial charge in [-0.3, -0.25) is 4.90 Å². The largest absolute Gasteiger partial charge is 0.316 e. The van der Waals surface area contributed by atoms with Crippen molar-refractivity contribution in [1.82, 2.24) is 15.1 Å². The average Bonchev–Trinajstić information content (AvgIpc) is 2.49. The number of benzene rings is 1. The minimum atomic E-state index is 0.168. The van der Waals surface area contributed by atoms with Crippen molar-refractivity contribution < 1.29 is 0 Å². The van der Waals surface area contributed by atoms with E-state index in [9.17, 15) is 0 Å². The van der Waals surface area contributed by atoms with Crippen LogP contribution in [0, 0.1) is 0 Å². The fourth-order valence-electron chi connectivity index (χ4n) is 3.35. The van der Waals surface area contributed by atoms with Crippen LogP contribution in [0.1, 0.15) is 26.3 Å². The van der Waals surface area contributed by atoms with Gasteiger partial charge in [0.25, 0.3) is 0 Å². The molecule has 3 nitrogen and oxygen atoms in total. The first kappa shape index (κ1) is 16.5. The summed E-state index contributed by atoms with van der Waals surface area (Å²) >= 11 is 0. The average molecular weight is 289 g/mol. The molecule has 1 aromatic carbocycles. The fraction of sp³-hybridized carbons (Fsp3) is 0.667. The molecule has 2 atom stereocenters. The lowest BCUT2D eigenvalue weighted by Gasteiger charge is -2.43. The number of piperazine rings is 1. The van der Waals surface area contributed by atoms with E-state index in [1.165, 1.54) is 25.2 Å². The number of hydrogen-bond donors (Lipinski definition) is 1. The second-order valence-electron chi connectivity index (χ2n) is 6.79. The van der Waals surface area contributed by atoms with Crippen molar-refractivity contribution in [3.8, 4) is 0 Å². The van der Waals surface area contributed by atoms with E-state index in [0.717, 1.165) is 19.6 Å². The van der Waals surface area contributed by atoms with E-state index in [1.807, 2.05) is 0 Å². The van der Waals surface area contributed by atoms with Crippen molar-refractivity contribution in [1.29, 1.82) is 0 Å². The van der Waals surface area contributed by atoms with Crippen molar-refractivity contribution in [2.24, 2.45) is 0 Å². The van der Waals surface area contributed by atoms with Crippen molar-refractivity contribution in [2.45, 2.75) is 32.2 Å². The molecule has 1 heterocycles. The number of hydrogen-bond acceptors (Lipinski definition) is 3. The highest BCUT2D eigenvalue weighted by Gasteiger charge is 2.32. The maximum absolute atomic E-state index is 3.56. The Labute approximate surface area is 130 Å². The third-order valence-corrected chi connectivity index (χ3v) is 4.76. The molecule has 1 N–H and O–H groups in total. The predicted octanol–water partition coefficient (Wildman–Crippen LogP) is 2.19. The van der Waals surface area contributed by atoms with Gasteiger partial charge in [0.2, 0.25) is 0 Å². The van der Waals surface area contributed by atoms with Gasteiger partial charge in [-0.1, -0.05) is 44.2 Å². The molecule has 0 spiro atoms. The van der Waals surface area contributed by atoms with E-state index < -0.39 is 0 Å². The third-order valence-electron chi connectivity index (χ3n) is 4.76. The van der Waals surface area contributed by atoms with Gasteiger partial charge in [0.15, 0.2) is 0 Å². The van der Waals surface area contributed by atoms with E-state index in [4.69, 9.17) is 0 Å². The Hall–Kier alpha value is -0.900. The highest BCUT2D eigenvalue weighted by Crippen LogP contribution is 2.26. The van der Waals surface area contributed by atoms with E-state index in [-0.39, 0.29) is 5.41 Å². The molecule has 0 aromatic heterocycles. The second kappa shape index (κ2) is 7.39. The molecule has 1 fully saturated rings. The number of nitrogens with one attached hydrogen (secondary N) is 1. The Morgan fingerprint density at radius 2 is 1.95 bits per heavy atom. The zero-order chi connectivity index (χ0) is 15.3. The first-order chi connectivity index (χ1) is 10.0. The summed E-state index contributed by atoms with van der Waals surface area (Å²) in [6.07, 6.45) is 0. The van der Waals surface area contributed by atoms with Gasteiger partial charge >= 0.3 is 0 Å². The first-order valence-electron chi connectivity index (χ1n) is 8.24. The zero-order valence-electron chi connectivity index (χ0n) is 14.1. The molecule has 21 heavy (non-hydrogen) atoms. The van der Waals surface area contributed by atoms with Crippen molar-refractivity contribution in [3.05, 3.63) is 35.9 Å². The van der Waals surface area contributed by atoms with Crippen LogP contribution in [0.15, 0.2) is 30.3 Å². The smallest absolute Gasteiger partial charge is 0.0195 e. The molecule has 2 rings (SSSR count). The molecular formula is C18H31N3. The Kier molecular flexibility index (Phi) is 5.80. The second-order valence-corrected chi connectivity index (χ2v) is 6.79. The molecule has 0 saturated carbocycles. The van der Waals surface area contributed by atoms with Gasteiger partial charge in [-0.25, -0.2) is 0 Å². The Bertz CT molecular complexity index is 420. The molecule has 3 heteroatoms. The summed E-state index contributed by atoms with van der Waals surface area (Å²) in [6.45, 7) is 13.6. The van der Waals surface area contributed by atoms with Crippen LogP contribution in [0.25, 0.3) is 0 Å². The Balaban J connectivity index is 2.13. The lowest BCUT2D eigenvalue weighted by molar-refractivity contribution is 0.0792. The van der Waals surface area contributed by atoms with Gasteiger partial charge in [0.05, 0.1) is 0 Å². The highest BCUT2D eigenvalue weighted by molar-refractivity contribution is 5.26. The van der Waals surface area contributed by atoms with Gasteiger partial charge < -0.3 is 10.2 Å². The third kappa shape index (κ3) is 4.29. The number of rotatable bonds is 6. The molecule has 2 unspecified atom stereocenters. The van der Waals surface area contributed by atoms with E-state index in [0.29, 0.717) is 6.04 Å². The highest BCUT2D eigenvalue weighted by atomic mass is 15.3. The quantitative estimate of drug-likeness (QED) is 0.866. The monoisotopic (exact) mass is 289 g/mol. The minimum absolute atomic E-state index is 0.168. The molecular weight excluding hydrogens is 258 g/mol. The predicted molar refractivity (Wildman–Crippen MR) is 90.9 cm³/mol. The van der Waals surface area contributed by atoms with Gasteiger partial charge in [-0.15, -0.1) is 0 Å². The van der Waals surface area contributed by atoms with Crippen LogP contribution in [0.4, 0.5) is 0 Å². The lowest BCUT2D eigenvalue weighted by atomic mass is 9.81. The van der Waals surface area contributed by atoms with Crippen LogP contribution < -0.4 is 5.32 Å². The standard InChI is InChI=1S/C18H31N3/c1-5-19-14-18(3,17-9-7-6-8-10-17)15-21-12-11-20(4)13-16(21)2/h6-10,16,19H,5,11-15H2,1-4H3. The van der Waals surface area contributed by atoms with E-state index in [1.54, 1.807) is 0 Å². The molecule has 1 aliphatic rings. The Morgan fingerprint density at radius 3 is 2.57 bits per heavy atom. The molecule has 0 radical (unpaired) electrons. The summed E-state index contributed by atoms with van der Waals surface area (Å²) in [5.41, 5.74) is 1.61. The lowest BCUT2D eigenvalue weighted by Crippen LogP contribution is -2.55. The van der Waals surface area contributed by atoms with Gasteiger partial charge in [0.1, 0.15) is 0 Å². The van der Waals surface area contributed by atoms with Crippen molar-refractivity contribution in [3.63, 3.8) is 0 Å². The topological polar surface area (TPSA) is 18.5 Å². The normalized spacial score (nSPS) is 23.9. The molecule has 0 bridgehead atoms. The summed E-state index contributed by atoms with van der Waals surface area (Å²) in [7, 11) is 2.23. The van der Waals surface area contributed by atoms with Crippen molar-refractivity contribution in [2.75, 3.05) is 46.3 Å². The van der Waals surface area contributed by atoms with Gasteiger partial charge in [0, 0.05) is 44.2 Å². The molecule has 1 aliphatic heterocycles. The molecule has 0 amide bonds. The van der Waals surface area contributed by atoms with Crippen LogP contribution >= 0.6 is 0 Å². The summed E-state index contributed by atoms with van der Waals surface area (Å²) in [6, 6.07) is 11.6. The van der Waals surface area contributed by atoms with Crippen LogP contribution in [0.5, 0.6) is 0 Å². The fourth-order valence-corrected chi connectivity index (χ4v) is 3.35. The maximum Gasteiger partial charge on any atom is 0.0195 e. The van der Waals surface area contributed by atoms with Crippen molar-refractivity contribution >= 4 is 0 Å². The Morgan fingerprint density at radius 1 is 1.24 bits per heavy atom. The summed E-state index contributed by atoms with van der Waals surface area (Å²) < 4.78 is 0. The maximum atomic E-state index is 3.56. The summed E-state index contributed by atoms with van der Waals surface area (Å²) in [5.74, 6) is 0. The van der Waals surface area contributed by atoms with Gasteiger partial charge in [-0.2, -0.15) is 0 Å². The molecule has 1 aromatic rings. The molecule has 0 aliphatic carbocycles. The van der Waals surface area contributed by atoms with Crippen LogP contribution in [-0.4, -0.2) is 62.2 Å². The van der Waals surface area contributed by atoms with E-state index >= 15 is 0 Å². The van der Waals surface area contributed by atoms with Crippen LogP contribution in [-0.2, 0) is 5.41 Å². The zero-order valence-corrected chi connectivity index (χ0v) is 14.1. The number of nitrogens with zero attached hydrogens (tertiary/aromatic N) is 2. The van der Waals surface area contributed by atoms with Gasteiger partial charge in [-0.05, 0) is 26.1 Å². The summed E-state index contributed by atoms with van der Waals surface area (Å²) in [4.78, 5) is 5.09. The van der Waals surface area contributed by atoms with E-state index in [2.05, 4.69) is 73.3 Å².